The molecule has 2 aromatic rings. The third-order valence-electron chi connectivity index (χ3n) is 4.01. The number of halogens is 1. The van der Waals surface area contributed by atoms with E-state index >= 15 is 0 Å². The molecule has 0 saturated heterocycles. The molecule has 1 aromatic carbocycles. The maximum atomic E-state index is 6.26. The molecule has 5 heteroatoms. The first-order valence-electron chi connectivity index (χ1n) is 7.29. The Labute approximate surface area is 129 Å². The van der Waals surface area contributed by atoms with Gasteiger partial charge in [-0.05, 0) is 38.2 Å². The molecule has 2 N–H and O–H groups in total. The van der Waals surface area contributed by atoms with Crippen molar-refractivity contribution in [1.82, 2.24) is 5.16 Å². The van der Waals surface area contributed by atoms with Crippen molar-refractivity contribution in [3.05, 3.63) is 35.0 Å². The van der Waals surface area contributed by atoms with E-state index in [0.717, 1.165) is 42.7 Å². The normalized spacial score (nSPS) is 21.2. The van der Waals surface area contributed by atoms with Gasteiger partial charge in [0.15, 0.2) is 0 Å². The second-order valence-electron chi connectivity index (χ2n) is 5.47. The van der Waals surface area contributed by atoms with Crippen molar-refractivity contribution >= 4 is 17.5 Å². The van der Waals surface area contributed by atoms with Gasteiger partial charge in [0.05, 0.1) is 17.4 Å². The molecular formula is C16H19ClN2O2. The van der Waals surface area contributed by atoms with Crippen LogP contribution in [0, 0.1) is 5.92 Å². The van der Waals surface area contributed by atoms with Gasteiger partial charge in [-0.15, -0.1) is 0 Å². The molecule has 0 amide bonds. The molecule has 0 aliphatic heterocycles. The lowest BCUT2D eigenvalue weighted by Gasteiger charge is -2.34. The third kappa shape index (κ3) is 2.92. The van der Waals surface area contributed by atoms with Crippen LogP contribution in [0.15, 0.2) is 28.8 Å². The molecule has 1 heterocycles. The summed E-state index contributed by atoms with van der Waals surface area (Å²) in [6.07, 6.45) is 3.39. The quantitative estimate of drug-likeness (QED) is 0.909. The highest BCUT2D eigenvalue weighted by Crippen LogP contribution is 2.39. The van der Waals surface area contributed by atoms with Crippen LogP contribution in [0.2, 0.25) is 5.02 Å². The van der Waals surface area contributed by atoms with Gasteiger partial charge in [-0.2, -0.15) is 0 Å². The van der Waals surface area contributed by atoms with Gasteiger partial charge in [0.2, 0.25) is 5.88 Å². The summed E-state index contributed by atoms with van der Waals surface area (Å²) in [4.78, 5) is 0. The minimum atomic E-state index is 0.332. The summed E-state index contributed by atoms with van der Waals surface area (Å²) >= 11 is 6.26. The lowest BCUT2D eigenvalue weighted by Crippen LogP contribution is -2.32. The van der Waals surface area contributed by atoms with Gasteiger partial charge >= 0.3 is 0 Å². The van der Waals surface area contributed by atoms with Gasteiger partial charge in [0, 0.05) is 17.2 Å². The number of aromatic nitrogens is 1. The van der Waals surface area contributed by atoms with E-state index in [1.807, 2.05) is 31.2 Å². The zero-order chi connectivity index (χ0) is 14.8. The number of rotatable bonds is 5. The van der Waals surface area contributed by atoms with Crippen molar-refractivity contribution in [2.45, 2.75) is 32.3 Å². The van der Waals surface area contributed by atoms with Crippen molar-refractivity contribution in [2.24, 2.45) is 5.92 Å². The average molecular weight is 307 g/mol. The number of hydrogen-bond acceptors (Lipinski definition) is 4. The van der Waals surface area contributed by atoms with Crippen LogP contribution >= 0.6 is 11.6 Å². The summed E-state index contributed by atoms with van der Waals surface area (Å²) in [6.45, 7) is 2.81. The molecule has 0 atom stereocenters. The first-order valence-corrected chi connectivity index (χ1v) is 7.67. The van der Waals surface area contributed by atoms with Crippen LogP contribution in [0.5, 0.6) is 0 Å². The molecule has 1 aliphatic carbocycles. The number of hydrogen-bond donors (Lipinski definition) is 1. The Morgan fingerprint density at radius 2 is 2.14 bits per heavy atom. The number of ether oxygens (including phenoxy) is 1. The molecule has 1 saturated carbocycles. The van der Waals surface area contributed by atoms with Gasteiger partial charge < -0.3 is 15.0 Å². The molecule has 0 unspecified atom stereocenters. The number of anilines is 1. The molecule has 21 heavy (non-hydrogen) atoms. The van der Waals surface area contributed by atoms with Crippen molar-refractivity contribution in [3.8, 4) is 11.1 Å². The van der Waals surface area contributed by atoms with Crippen molar-refractivity contribution in [2.75, 3.05) is 12.3 Å². The fourth-order valence-corrected chi connectivity index (χ4v) is 3.15. The van der Waals surface area contributed by atoms with Crippen molar-refractivity contribution in [1.29, 1.82) is 0 Å². The molecule has 3 rings (SSSR count). The van der Waals surface area contributed by atoms with Crippen molar-refractivity contribution < 1.29 is 9.26 Å². The third-order valence-corrected chi connectivity index (χ3v) is 4.34. The van der Waals surface area contributed by atoms with E-state index in [4.69, 9.17) is 26.6 Å². The van der Waals surface area contributed by atoms with Gasteiger partial charge in [-0.3, -0.25) is 0 Å². The van der Waals surface area contributed by atoms with Crippen LogP contribution < -0.4 is 5.73 Å². The first-order chi connectivity index (χ1) is 10.2. The Morgan fingerprint density at radius 1 is 1.38 bits per heavy atom. The van der Waals surface area contributed by atoms with Crippen LogP contribution in [-0.2, 0) is 11.2 Å². The number of nitrogens with two attached hydrogens (primary N) is 1. The fraction of sp³-hybridized carbons (Fsp3) is 0.438. The average Bonchev–Trinajstić information content (AvgIpc) is 2.78. The van der Waals surface area contributed by atoms with Crippen LogP contribution in [0.1, 0.15) is 25.5 Å². The summed E-state index contributed by atoms with van der Waals surface area (Å²) < 4.78 is 10.8. The van der Waals surface area contributed by atoms with Crippen LogP contribution in [0.25, 0.3) is 11.1 Å². The maximum Gasteiger partial charge on any atom is 0.230 e. The molecule has 112 valence electrons. The van der Waals surface area contributed by atoms with E-state index in [1.165, 1.54) is 0 Å². The maximum absolute atomic E-state index is 6.26. The Morgan fingerprint density at radius 3 is 2.86 bits per heavy atom. The standard InChI is InChI=1S/C16H19ClN2O2/c1-2-20-11-7-10(8-11)9-14-15(16(18)21-19-14)12-5-3-4-6-13(12)17/h3-6,10-11H,2,7-9,18H2,1H3. The van der Waals surface area contributed by atoms with Gasteiger partial charge in [-0.1, -0.05) is 35.0 Å². The SMILES string of the molecule is CCOC1CC(Cc2noc(N)c2-c2ccccc2Cl)C1. The molecular weight excluding hydrogens is 288 g/mol. The molecule has 0 spiro atoms. The minimum absolute atomic E-state index is 0.332. The van der Waals surface area contributed by atoms with Gasteiger partial charge in [-0.25, -0.2) is 0 Å². The zero-order valence-electron chi connectivity index (χ0n) is 12.0. The van der Waals surface area contributed by atoms with E-state index in [-0.39, 0.29) is 0 Å². The van der Waals surface area contributed by atoms with Gasteiger partial charge in [0.25, 0.3) is 0 Å². The fourth-order valence-electron chi connectivity index (χ4n) is 2.92. The largest absolute Gasteiger partial charge is 0.378 e. The number of benzene rings is 1. The van der Waals surface area contributed by atoms with Crippen LogP contribution in [-0.4, -0.2) is 17.9 Å². The summed E-state index contributed by atoms with van der Waals surface area (Å²) in [6, 6.07) is 7.62. The van der Waals surface area contributed by atoms with Crippen LogP contribution in [0.4, 0.5) is 5.88 Å². The lowest BCUT2D eigenvalue weighted by molar-refractivity contribution is -0.0244. The predicted molar refractivity (Wildman–Crippen MR) is 83.2 cm³/mol. The Kier molecular flexibility index (Phi) is 4.17. The van der Waals surface area contributed by atoms with Crippen LogP contribution in [0.3, 0.4) is 0 Å². The van der Waals surface area contributed by atoms with Gasteiger partial charge in [0.1, 0.15) is 0 Å². The smallest absolute Gasteiger partial charge is 0.230 e. The topological polar surface area (TPSA) is 61.3 Å². The van der Waals surface area contributed by atoms with E-state index in [1.54, 1.807) is 0 Å². The molecule has 1 aromatic heterocycles. The van der Waals surface area contributed by atoms with E-state index < -0.39 is 0 Å². The summed E-state index contributed by atoms with van der Waals surface area (Å²) in [5.41, 5.74) is 8.55. The summed E-state index contributed by atoms with van der Waals surface area (Å²) in [5, 5.41) is 4.79. The van der Waals surface area contributed by atoms with E-state index in [2.05, 4.69) is 5.16 Å². The first kappa shape index (κ1) is 14.4. The summed E-state index contributed by atoms with van der Waals surface area (Å²) in [7, 11) is 0. The molecule has 0 bridgehead atoms. The Hall–Kier alpha value is -1.52. The Balaban J connectivity index is 1.78. The molecule has 4 nitrogen and oxygen atoms in total. The lowest BCUT2D eigenvalue weighted by atomic mass is 9.78. The minimum Gasteiger partial charge on any atom is -0.378 e. The zero-order valence-corrected chi connectivity index (χ0v) is 12.8. The highest BCUT2D eigenvalue weighted by Gasteiger charge is 2.31. The highest BCUT2D eigenvalue weighted by molar-refractivity contribution is 6.33. The monoisotopic (exact) mass is 306 g/mol. The molecule has 1 fully saturated rings. The molecule has 1 aliphatic rings. The number of nitrogen functional groups attached to an aromatic ring is 1. The van der Waals surface area contributed by atoms with E-state index in [0.29, 0.717) is 22.9 Å². The second kappa shape index (κ2) is 6.08. The number of nitrogens with zero attached hydrogens (tertiary/aromatic N) is 1. The second-order valence-corrected chi connectivity index (χ2v) is 5.87. The highest BCUT2D eigenvalue weighted by atomic mass is 35.5. The predicted octanol–water partition coefficient (Wildman–Crippen LogP) is 3.93. The molecule has 0 radical (unpaired) electrons. The van der Waals surface area contributed by atoms with E-state index in [9.17, 15) is 0 Å². The Bertz CT molecular complexity index is 620. The summed E-state index contributed by atoms with van der Waals surface area (Å²) in [5.74, 6) is 0.908. The van der Waals surface area contributed by atoms with Crippen molar-refractivity contribution in [3.63, 3.8) is 0 Å².